The van der Waals surface area contributed by atoms with Gasteiger partial charge in [-0.2, -0.15) is 0 Å². The number of ether oxygens (including phenoxy) is 1. The third kappa shape index (κ3) is 3.71. The van der Waals surface area contributed by atoms with Crippen LogP contribution in [0.2, 0.25) is 0 Å². The molecule has 106 valence electrons. The quantitative estimate of drug-likeness (QED) is 0.882. The second kappa shape index (κ2) is 6.92. The molecule has 3 heteroatoms. The summed E-state index contributed by atoms with van der Waals surface area (Å²) in [6.07, 6.45) is 2.58. The lowest BCUT2D eigenvalue weighted by Gasteiger charge is -2.35. The van der Waals surface area contributed by atoms with Crippen molar-refractivity contribution in [3.8, 4) is 5.75 Å². The van der Waals surface area contributed by atoms with E-state index in [1.807, 2.05) is 12.1 Å². The third-order valence-corrected chi connectivity index (χ3v) is 4.38. The van der Waals surface area contributed by atoms with Crippen LogP contribution in [0, 0.1) is 5.92 Å². The summed E-state index contributed by atoms with van der Waals surface area (Å²) in [5, 5.41) is 3.38. The molecule has 0 aromatic heterocycles. The van der Waals surface area contributed by atoms with Crippen molar-refractivity contribution >= 4 is 0 Å². The Balaban J connectivity index is 1.89. The van der Waals surface area contributed by atoms with E-state index in [4.69, 9.17) is 4.74 Å². The zero-order valence-corrected chi connectivity index (χ0v) is 12.4. The van der Waals surface area contributed by atoms with Crippen molar-refractivity contribution in [2.24, 2.45) is 5.92 Å². The summed E-state index contributed by atoms with van der Waals surface area (Å²) in [4.78, 5) is 2.54. The first-order valence-corrected chi connectivity index (χ1v) is 7.26. The molecule has 1 aromatic carbocycles. The maximum absolute atomic E-state index is 5.43. The number of benzene rings is 1. The lowest BCUT2D eigenvalue weighted by atomic mass is 9.90. The molecule has 1 aliphatic rings. The highest BCUT2D eigenvalue weighted by molar-refractivity contribution is 5.33. The first-order chi connectivity index (χ1) is 9.24. The largest absolute Gasteiger partial charge is 0.496 e. The van der Waals surface area contributed by atoms with Crippen LogP contribution in [0.5, 0.6) is 5.75 Å². The van der Waals surface area contributed by atoms with E-state index < -0.39 is 0 Å². The van der Waals surface area contributed by atoms with Crippen molar-refractivity contribution in [1.82, 2.24) is 10.2 Å². The van der Waals surface area contributed by atoms with Crippen LogP contribution in [-0.2, 0) is 6.54 Å². The zero-order valence-electron chi connectivity index (χ0n) is 12.4. The molecular weight excluding hydrogens is 236 g/mol. The van der Waals surface area contributed by atoms with Crippen molar-refractivity contribution in [2.45, 2.75) is 32.4 Å². The number of nitrogens with zero attached hydrogens (tertiary/aromatic N) is 1. The fourth-order valence-electron chi connectivity index (χ4n) is 2.92. The Morgan fingerprint density at radius 1 is 1.32 bits per heavy atom. The zero-order chi connectivity index (χ0) is 13.7. The molecule has 0 saturated carbocycles. The first-order valence-electron chi connectivity index (χ1n) is 7.26. The van der Waals surface area contributed by atoms with Gasteiger partial charge in [0.2, 0.25) is 0 Å². The van der Waals surface area contributed by atoms with Crippen molar-refractivity contribution in [3.05, 3.63) is 29.8 Å². The monoisotopic (exact) mass is 262 g/mol. The molecule has 2 rings (SSSR count). The molecule has 1 N–H and O–H groups in total. The van der Waals surface area contributed by atoms with Gasteiger partial charge in [0.05, 0.1) is 7.11 Å². The van der Waals surface area contributed by atoms with E-state index in [-0.39, 0.29) is 0 Å². The lowest BCUT2D eigenvalue weighted by Crippen LogP contribution is -2.40. The molecule has 1 aliphatic heterocycles. The molecule has 0 amide bonds. The highest BCUT2D eigenvalue weighted by Crippen LogP contribution is 2.24. The Kier molecular flexibility index (Phi) is 5.23. The molecule has 3 nitrogen and oxygen atoms in total. The van der Waals surface area contributed by atoms with E-state index in [1.165, 1.54) is 31.5 Å². The summed E-state index contributed by atoms with van der Waals surface area (Å²) in [5.41, 5.74) is 1.30. The maximum atomic E-state index is 5.43. The second-order valence-corrected chi connectivity index (χ2v) is 5.50. The summed E-state index contributed by atoms with van der Waals surface area (Å²) in [6.45, 7) is 5.68. The van der Waals surface area contributed by atoms with Crippen LogP contribution < -0.4 is 10.1 Å². The van der Waals surface area contributed by atoms with Crippen LogP contribution in [0.25, 0.3) is 0 Å². The molecule has 1 atom stereocenters. The summed E-state index contributed by atoms with van der Waals surface area (Å²) < 4.78 is 5.43. The molecule has 1 fully saturated rings. The van der Waals surface area contributed by atoms with Crippen molar-refractivity contribution in [2.75, 3.05) is 27.2 Å². The number of likely N-dealkylation sites (tertiary alicyclic amines) is 1. The molecular formula is C16H26N2O. The summed E-state index contributed by atoms with van der Waals surface area (Å²) in [5.74, 6) is 1.83. The molecule has 0 aliphatic carbocycles. The van der Waals surface area contributed by atoms with Gasteiger partial charge in [-0.1, -0.05) is 18.2 Å². The number of nitrogens with one attached hydrogen (secondary N) is 1. The van der Waals surface area contributed by atoms with E-state index in [2.05, 4.69) is 36.3 Å². The lowest BCUT2D eigenvalue weighted by molar-refractivity contribution is 0.157. The van der Waals surface area contributed by atoms with Crippen LogP contribution >= 0.6 is 0 Å². The van der Waals surface area contributed by atoms with Gasteiger partial charge >= 0.3 is 0 Å². The summed E-state index contributed by atoms with van der Waals surface area (Å²) in [6, 6.07) is 8.97. The Morgan fingerprint density at radius 2 is 2.00 bits per heavy atom. The minimum atomic E-state index is 0.633. The fourth-order valence-corrected chi connectivity index (χ4v) is 2.92. The number of rotatable bonds is 5. The van der Waals surface area contributed by atoms with Crippen molar-refractivity contribution in [1.29, 1.82) is 0 Å². The van der Waals surface area contributed by atoms with E-state index >= 15 is 0 Å². The summed E-state index contributed by atoms with van der Waals surface area (Å²) >= 11 is 0. The van der Waals surface area contributed by atoms with Gasteiger partial charge in [-0.15, -0.1) is 0 Å². The van der Waals surface area contributed by atoms with Crippen LogP contribution in [0.15, 0.2) is 24.3 Å². The van der Waals surface area contributed by atoms with Gasteiger partial charge in [0.1, 0.15) is 5.75 Å². The van der Waals surface area contributed by atoms with Gasteiger partial charge in [0, 0.05) is 18.2 Å². The van der Waals surface area contributed by atoms with Crippen LogP contribution in [-0.4, -0.2) is 38.2 Å². The topological polar surface area (TPSA) is 24.5 Å². The smallest absolute Gasteiger partial charge is 0.123 e. The second-order valence-electron chi connectivity index (χ2n) is 5.50. The molecule has 0 spiro atoms. The minimum absolute atomic E-state index is 0.633. The van der Waals surface area contributed by atoms with Crippen molar-refractivity contribution < 1.29 is 4.74 Å². The van der Waals surface area contributed by atoms with Crippen LogP contribution in [0.4, 0.5) is 0 Å². The van der Waals surface area contributed by atoms with Crippen LogP contribution in [0.1, 0.15) is 25.3 Å². The maximum Gasteiger partial charge on any atom is 0.123 e. The van der Waals surface area contributed by atoms with Gasteiger partial charge < -0.3 is 10.1 Å². The number of hydrogen-bond donors (Lipinski definition) is 1. The van der Waals surface area contributed by atoms with Crippen LogP contribution in [0.3, 0.4) is 0 Å². The summed E-state index contributed by atoms with van der Waals surface area (Å²) in [7, 11) is 3.81. The number of para-hydroxylation sites is 1. The van der Waals surface area contributed by atoms with Gasteiger partial charge in [-0.3, -0.25) is 4.90 Å². The average molecular weight is 262 g/mol. The Hall–Kier alpha value is -1.06. The average Bonchev–Trinajstić information content (AvgIpc) is 2.48. The molecule has 1 unspecified atom stereocenters. The van der Waals surface area contributed by atoms with Gasteiger partial charge in [0.25, 0.3) is 0 Å². The van der Waals surface area contributed by atoms with E-state index in [0.717, 1.165) is 18.2 Å². The SMILES string of the molecule is CNC(C)C1CCN(Cc2ccccc2OC)CC1. The number of piperidine rings is 1. The van der Waals surface area contributed by atoms with E-state index in [0.29, 0.717) is 6.04 Å². The Labute approximate surface area is 116 Å². The highest BCUT2D eigenvalue weighted by atomic mass is 16.5. The predicted octanol–water partition coefficient (Wildman–Crippen LogP) is 2.52. The third-order valence-electron chi connectivity index (χ3n) is 4.38. The highest BCUT2D eigenvalue weighted by Gasteiger charge is 2.23. The molecule has 0 radical (unpaired) electrons. The van der Waals surface area contributed by atoms with Gasteiger partial charge in [0.15, 0.2) is 0 Å². The minimum Gasteiger partial charge on any atom is -0.496 e. The number of methoxy groups -OCH3 is 1. The molecule has 1 saturated heterocycles. The van der Waals surface area contributed by atoms with E-state index in [1.54, 1.807) is 7.11 Å². The Morgan fingerprint density at radius 3 is 2.63 bits per heavy atom. The molecule has 19 heavy (non-hydrogen) atoms. The van der Waals surface area contributed by atoms with E-state index in [9.17, 15) is 0 Å². The Bertz CT molecular complexity index is 386. The normalized spacial score (nSPS) is 19.3. The first kappa shape index (κ1) is 14.4. The number of hydrogen-bond acceptors (Lipinski definition) is 3. The standard InChI is InChI=1S/C16H26N2O/c1-13(17-2)14-8-10-18(11-9-14)12-15-6-4-5-7-16(15)19-3/h4-7,13-14,17H,8-12H2,1-3H3. The van der Waals surface area contributed by atoms with Gasteiger partial charge in [-0.05, 0) is 51.9 Å². The van der Waals surface area contributed by atoms with Crippen molar-refractivity contribution in [3.63, 3.8) is 0 Å². The van der Waals surface area contributed by atoms with Gasteiger partial charge in [-0.25, -0.2) is 0 Å². The molecule has 1 aromatic rings. The molecule has 1 heterocycles. The predicted molar refractivity (Wildman–Crippen MR) is 79.5 cm³/mol. The molecule has 0 bridgehead atoms. The fraction of sp³-hybridized carbons (Fsp3) is 0.625.